The number of Topliss-reactive ketones (excluding diaryl/α,β-unsaturated/α-hetero) is 1. The van der Waals surface area contributed by atoms with Gasteiger partial charge in [-0.1, -0.05) is 42.3 Å². The zero-order valence-corrected chi connectivity index (χ0v) is 23.7. The lowest BCUT2D eigenvalue weighted by Crippen LogP contribution is -2.43. The zero-order valence-electron chi connectivity index (χ0n) is 22.1. The molecule has 0 N–H and O–H groups in total. The normalized spacial score (nSPS) is 21.7. The number of hydrogen-bond acceptors (Lipinski definition) is 6. The number of hydrogen-bond donors (Lipinski definition) is 0. The highest BCUT2D eigenvalue weighted by atomic mass is 35.5. The van der Waals surface area contributed by atoms with Gasteiger partial charge in [-0.2, -0.15) is 0 Å². The third kappa shape index (κ3) is 6.20. The second-order valence-electron chi connectivity index (χ2n) is 10.8. The van der Waals surface area contributed by atoms with E-state index in [4.69, 9.17) is 27.9 Å². The number of likely N-dealkylation sites (tertiary alicyclic amines) is 1. The Labute approximate surface area is 239 Å². The number of aromatic nitrogens is 2. The topological polar surface area (TPSA) is 75.6 Å². The molecular formula is C30H32Cl2N4O3. The van der Waals surface area contributed by atoms with Crippen LogP contribution in [-0.2, 0) is 4.79 Å². The number of piperidine rings is 1. The van der Waals surface area contributed by atoms with Crippen LogP contribution in [0.5, 0.6) is 5.88 Å². The number of nitrogens with zero attached hydrogens (tertiary/aromatic N) is 4. The average molecular weight is 568 g/mol. The first-order valence-electron chi connectivity index (χ1n) is 13.2. The predicted octanol–water partition coefficient (Wildman–Crippen LogP) is 5.91. The number of amides is 1. The Bertz CT molecular complexity index is 1310. The summed E-state index contributed by atoms with van der Waals surface area (Å²) in [4.78, 5) is 38.3. The summed E-state index contributed by atoms with van der Waals surface area (Å²) in [6.45, 7) is 6.85. The average Bonchev–Trinajstić information content (AvgIpc) is 3.30. The van der Waals surface area contributed by atoms with Crippen LogP contribution in [-0.4, -0.2) is 59.3 Å². The van der Waals surface area contributed by atoms with Gasteiger partial charge < -0.3 is 14.5 Å². The Morgan fingerprint density at radius 2 is 1.69 bits per heavy atom. The Hall–Kier alpha value is -3.16. The summed E-state index contributed by atoms with van der Waals surface area (Å²) in [5, 5.41) is 1.24. The number of rotatable bonds is 7. The maximum absolute atomic E-state index is 13.8. The molecule has 1 aromatic carbocycles. The van der Waals surface area contributed by atoms with Crippen molar-refractivity contribution >= 4 is 40.7 Å². The van der Waals surface area contributed by atoms with Crippen molar-refractivity contribution in [1.82, 2.24) is 14.9 Å². The quantitative estimate of drug-likeness (QED) is 0.331. The van der Waals surface area contributed by atoms with Crippen LogP contribution in [0.2, 0.25) is 10.0 Å². The first-order chi connectivity index (χ1) is 18.7. The number of ketones is 1. The van der Waals surface area contributed by atoms with E-state index in [1.807, 2.05) is 41.3 Å². The summed E-state index contributed by atoms with van der Waals surface area (Å²) in [5.41, 5.74) is 1.43. The van der Waals surface area contributed by atoms with E-state index >= 15 is 0 Å². The molecule has 2 aliphatic heterocycles. The maximum atomic E-state index is 13.8. The van der Waals surface area contributed by atoms with E-state index in [1.165, 1.54) is 6.92 Å². The molecule has 2 saturated heterocycles. The smallest absolute Gasteiger partial charge is 0.225 e. The van der Waals surface area contributed by atoms with Gasteiger partial charge in [0.1, 0.15) is 5.82 Å². The fraction of sp³-hybridized carbons (Fsp3) is 0.400. The number of benzene rings is 1. The molecule has 204 valence electrons. The lowest BCUT2D eigenvalue weighted by molar-refractivity contribution is -0.135. The Morgan fingerprint density at radius 1 is 0.974 bits per heavy atom. The lowest BCUT2D eigenvalue weighted by atomic mass is 9.77. The van der Waals surface area contributed by atoms with Gasteiger partial charge in [0.2, 0.25) is 11.8 Å². The molecule has 3 aromatic rings. The fourth-order valence-electron chi connectivity index (χ4n) is 5.65. The lowest BCUT2D eigenvalue weighted by Gasteiger charge is -2.34. The van der Waals surface area contributed by atoms with Crippen molar-refractivity contribution < 1.29 is 14.3 Å². The van der Waals surface area contributed by atoms with E-state index in [9.17, 15) is 9.59 Å². The second kappa shape index (κ2) is 11.5. The summed E-state index contributed by atoms with van der Waals surface area (Å²) in [6.07, 6.45) is 4.72. The molecule has 0 aliphatic carbocycles. The highest BCUT2D eigenvalue weighted by molar-refractivity contribution is 6.30. The van der Waals surface area contributed by atoms with E-state index in [-0.39, 0.29) is 28.9 Å². The molecule has 0 saturated carbocycles. The van der Waals surface area contributed by atoms with Gasteiger partial charge in [0.05, 0.1) is 11.6 Å². The molecule has 4 heterocycles. The van der Waals surface area contributed by atoms with Gasteiger partial charge in [-0.3, -0.25) is 9.59 Å². The van der Waals surface area contributed by atoms with E-state index in [0.717, 1.165) is 37.3 Å². The zero-order chi connectivity index (χ0) is 27.6. The van der Waals surface area contributed by atoms with Crippen molar-refractivity contribution in [1.29, 1.82) is 0 Å². The molecule has 5 rings (SSSR count). The van der Waals surface area contributed by atoms with Crippen molar-refractivity contribution in [2.45, 2.75) is 32.6 Å². The number of carbonyl (C=O) groups is 2. The summed E-state index contributed by atoms with van der Waals surface area (Å²) in [7, 11) is 0. The van der Waals surface area contributed by atoms with E-state index < -0.39 is 0 Å². The molecule has 0 spiro atoms. The Balaban J connectivity index is 1.26. The van der Waals surface area contributed by atoms with Crippen molar-refractivity contribution in [3.8, 4) is 5.88 Å². The standard InChI is InChI=1S/C30H32Cl2N4O3/c1-20(37)23-5-9-27(33-15-23)35-13-11-22(12-14-35)29(38)36-17-26(21-3-6-24(31)7-4-21)30(2,18-36)19-39-28-10-8-25(32)16-34-28/h3-10,15-16,22,26H,11-14,17-19H2,1-2H3. The van der Waals surface area contributed by atoms with Gasteiger partial charge in [-0.05, 0) is 55.7 Å². The SMILES string of the molecule is CC(=O)c1ccc(N2CCC(C(=O)N3CC(c4ccc(Cl)cc4)C(C)(COc4ccc(Cl)cn4)C3)CC2)nc1. The van der Waals surface area contributed by atoms with Gasteiger partial charge in [-0.15, -0.1) is 0 Å². The Morgan fingerprint density at radius 3 is 2.31 bits per heavy atom. The number of anilines is 1. The van der Waals surface area contributed by atoms with Crippen LogP contribution in [0.1, 0.15) is 48.5 Å². The molecule has 0 radical (unpaired) electrons. The Kier molecular flexibility index (Phi) is 8.10. The van der Waals surface area contributed by atoms with Gasteiger partial charge in [0, 0.05) is 72.5 Å². The summed E-state index contributed by atoms with van der Waals surface area (Å²) >= 11 is 12.1. The first kappa shape index (κ1) is 27.4. The minimum absolute atomic E-state index is 0.00250. The minimum atomic E-state index is -0.312. The van der Waals surface area contributed by atoms with Gasteiger partial charge in [0.25, 0.3) is 0 Å². The second-order valence-corrected chi connectivity index (χ2v) is 11.7. The number of halogens is 2. The minimum Gasteiger partial charge on any atom is -0.477 e. The molecule has 2 aliphatic rings. The van der Waals surface area contributed by atoms with Crippen LogP contribution in [0.4, 0.5) is 5.82 Å². The van der Waals surface area contributed by atoms with E-state index in [2.05, 4.69) is 21.8 Å². The molecule has 2 atom stereocenters. The van der Waals surface area contributed by atoms with E-state index in [1.54, 1.807) is 24.5 Å². The first-order valence-corrected chi connectivity index (χ1v) is 14.0. The van der Waals surface area contributed by atoms with E-state index in [0.29, 0.717) is 41.2 Å². The van der Waals surface area contributed by atoms with Crippen molar-refractivity contribution in [2.75, 3.05) is 37.7 Å². The van der Waals surface area contributed by atoms with Crippen LogP contribution in [0, 0.1) is 11.3 Å². The van der Waals surface area contributed by atoms with Crippen LogP contribution >= 0.6 is 23.2 Å². The molecule has 2 aromatic heterocycles. The van der Waals surface area contributed by atoms with Crippen LogP contribution in [0.3, 0.4) is 0 Å². The fourth-order valence-corrected chi connectivity index (χ4v) is 5.89. The molecule has 39 heavy (non-hydrogen) atoms. The summed E-state index contributed by atoms with van der Waals surface area (Å²) < 4.78 is 6.11. The highest BCUT2D eigenvalue weighted by Gasteiger charge is 2.47. The number of pyridine rings is 2. The highest BCUT2D eigenvalue weighted by Crippen LogP contribution is 2.44. The molecule has 1 amide bonds. The molecule has 7 nitrogen and oxygen atoms in total. The molecule has 2 unspecified atom stereocenters. The molecular weight excluding hydrogens is 535 g/mol. The van der Waals surface area contributed by atoms with Crippen LogP contribution in [0.15, 0.2) is 60.9 Å². The molecule has 0 bridgehead atoms. The summed E-state index contributed by atoms with van der Waals surface area (Å²) in [5.74, 6) is 1.61. The van der Waals surface area contributed by atoms with Gasteiger partial charge in [-0.25, -0.2) is 9.97 Å². The van der Waals surface area contributed by atoms with Crippen molar-refractivity contribution in [2.24, 2.45) is 11.3 Å². The van der Waals surface area contributed by atoms with Gasteiger partial charge >= 0.3 is 0 Å². The maximum Gasteiger partial charge on any atom is 0.225 e. The number of ether oxygens (including phenoxy) is 1. The monoisotopic (exact) mass is 566 g/mol. The third-order valence-electron chi connectivity index (χ3n) is 7.95. The third-order valence-corrected chi connectivity index (χ3v) is 8.43. The molecule has 2 fully saturated rings. The number of carbonyl (C=O) groups excluding carboxylic acids is 2. The van der Waals surface area contributed by atoms with Crippen LogP contribution < -0.4 is 9.64 Å². The van der Waals surface area contributed by atoms with Crippen molar-refractivity contribution in [3.63, 3.8) is 0 Å². The predicted molar refractivity (Wildman–Crippen MR) is 153 cm³/mol. The van der Waals surface area contributed by atoms with Crippen LogP contribution in [0.25, 0.3) is 0 Å². The largest absolute Gasteiger partial charge is 0.477 e. The molecule has 9 heteroatoms. The van der Waals surface area contributed by atoms with Crippen molar-refractivity contribution in [3.05, 3.63) is 82.1 Å². The van der Waals surface area contributed by atoms with Gasteiger partial charge in [0.15, 0.2) is 5.78 Å². The summed E-state index contributed by atoms with van der Waals surface area (Å²) in [6, 6.07) is 15.1.